The van der Waals surface area contributed by atoms with Crippen LogP contribution in [0.15, 0.2) is 42.0 Å². The summed E-state index contributed by atoms with van der Waals surface area (Å²) in [5, 5.41) is 0. The number of ether oxygens (including phenoxy) is 2. The van der Waals surface area contributed by atoms with Crippen LogP contribution in [0.1, 0.15) is 32.3 Å². The van der Waals surface area contributed by atoms with E-state index in [-0.39, 0.29) is 18.4 Å². The van der Waals surface area contributed by atoms with E-state index in [9.17, 15) is 9.59 Å². The van der Waals surface area contributed by atoms with Gasteiger partial charge in [-0.3, -0.25) is 4.79 Å². The van der Waals surface area contributed by atoms with Crippen molar-refractivity contribution in [1.82, 2.24) is 0 Å². The van der Waals surface area contributed by atoms with Gasteiger partial charge in [-0.05, 0) is 32.3 Å². The standard InChI is InChI=1S/C17H22O4/c1-3-20-16(18)13-12-15(17(19)21-4-2)11-10-14-8-6-5-7-9-14/h5-9,11H,3-4,10,12-13H2,1-2H3/b15-11+. The van der Waals surface area contributed by atoms with Crippen molar-refractivity contribution < 1.29 is 19.1 Å². The Morgan fingerprint density at radius 3 is 2.29 bits per heavy atom. The Hall–Kier alpha value is -2.10. The third kappa shape index (κ3) is 6.75. The van der Waals surface area contributed by atoms with Crippen molar-refractivity contribution in [2.75, 3.05) is 13.2 Å². The second-order valence-corrected chi connectivity index (χ2v) is 4.44. The quantitative estimate of drug-likeness (QED) is 0.545. The first-order valence-electron chi connectivity index (χ1n) is 7.23. The molecule has 0 bridgehead atoms. The molecular weight excluding hydrogens is 268 g/mol. The van der Waals surface area contributed by atoms with E-state index in [1.54, 1.807) is 13.8 Å². The number of esters is 2. The van der Waals surface area contributed by atoms with Crippen LogP contribution in [0.4, 0.5) is 0 Å². The largest absolute Gasteiger partial charge is 0.466 e. The highest BCUT2D eigenvalue weighted by atomic mass is 16.5. The van der Waals surface area contributed by atoms with Crippen molar-refractivity contribution in [2.24, 2.45) is 0 Å². The maximum Gasteiger partial charge on any atom is 0.333 e. The van der Waals surface area contributed by atoms with Crippen molar-refractivity contribution in [1.29, 1.82) is 0 Å². The zero-order valence-corrected chi connectivity index (χ0v) is 12.6. The van der Waals surface area contributed by atoms with Crippen LogP contribution < -0.4 is 0 Å². The highest BCUT2D eigenvalue weighted by Crippen LogP contribution is 2.11. The maximum atomic E-state index is 11.9. The van der Waals surface area contributed by atoms with E-state index < -0.39 is 0 Å². The van der Waals surface area contributed by atoms with Crippen LogP contribution in [-0.2, 0) is 25.5 Å². The molecule has 0 unspecified atom stereocenters. The predicted octanol–water partition coefficient (Wildman–Crippen LogP) is 3.06. The lowest BCUT2D eigenvalue weighted by Gasteiger charge is -2.07. The van der Waals surface area contributed by atoms with Gasteiger partial charge in [-0.15, -0.1) is 0 Å². The molecule has 0 aliphatic rings. The lowest BCUT2D eigenvalue weighted by atomic mass is 10.1. The van der Waals surface area contributed by atoms with Crippen LogP contribution in [0.25, 0.3) is 0 Å². The molecule has 1 rings (SSSR count). The number of allylic oxidation sites excluding steroid dienone is 1. The molecule has 0 N–H and O–H groups in total. The summed E-state index contributed by atoms with van der Waals surface area (Å²) in [4.78, 5) is 23.3. The number of rotatable bonds is 8. The number of carbonyl (C=O) groups is 2. The van der Waals surface area contributed by atoms with Gasteiger partial charge < -0.3 is 9.47 Å². The molecule has 4 heteroatoms. The van der Waals surface area contributed by atoms with Gasteiger partial charge in [-0.1, -0.05) is 36.4 Å². The molecule has 0 fully saturated rings. The second-order valence-electron chi connectivity index (χ2n) is 4.44. The van der Waals surface area contributed by atoms with Gasteiger partial charge in [0, 0.05) is 12.0 Å². The highest BCUT2D eigenvalue weighted by molar-refractivity contribution is 5.89. The van der Waals surface area contributed by atoms with Crippen molar-refractivity contribution in [2.45, 2.75) is 33.1 Å². The molecule has 21 heavy (non-hydrogen) atoms. The predicted molar refractivity (Wildman–Crippen MR) is 80.7 cm³/mol. The lowest BCUT2D eigenvalue weighted by Crippen LogP contribution is -2.11. The molecule has 1 aromatic carbocycles. The summed E-state index contributed by atoms with van der Waals surface area (Å²) in [6.07, 6.45) is 2.99. The van der Waals surface area contributed by atoms with Gasteiger partial charge in [0.2, 0.25) is 0 Å². The normalized spacial score (nSPS) is 11.0. The van der Waals surface area contributed by atoms with Crippen molar-refractivity contribution >= 4 is 11.9 Å². The average Bonchev–Trinajstić information content (AvgIpc) is 2.48. The number of carbonyl (C=O) groups excluding carboxylic acids is 2. The number of hydrogen-bond acceptors (Lipinski definition) is 4. The van der Waals surface area contributed by atoms with Crippen molar-refractivity contribution in [3.63, 3.8) is 0 Å². The van der Waals surface area contributed by atoms with Gasteiger partial charge in [0.25, 0.3) is 0 Å². The summed E-state index contributed by atoms with van der Waals surface area (Å²) < 4.78 is 9.90. The van der Waals surface area contributed by atoms with E-state index in [0.29, 0.717) is 31.6 Å². The Labute approximate surface area is 125 Å². The molecule has 1 aromatic rings. The minimum absolute atomic E-state index is 0.188. The van der Waals surface area contributed by atoms with Gasteiger partial charge in [0.15, 0.2) is 0 Å². The van der Waals surface area contributed by atoms with Gasteiger partial charge in [0.05, 0.1) is 13.2 Å². The molecule has 0 amide bonds. The molecule has 114 valence electrons. The number of benzene rings is 1. The molecular formula is C17H22O4. The minimum atomic E-state index is -0.363. The summed E-state index contributed by atoms with van der Waals surface area (Å²) in [5.74, 6) is -0.662. The van der Waals surface area contributed by atoms with Gasteiger partial charge in [0.1, 0.15) is 0 Å². The summed E-state index contributed by atoms with van der Waals surface area (Å²) >= 11 is 0. The third-order valence-corrected chi connectivity index (χ3v) is 2.87. The zero-order valence-electron chi connectivity index (χ0n) is 12.6. The third-order valence-electron chi connectivity index (χ3n) is 2.87. The first-order valence-corrected chi connectivity index (χ1v) is 7.23. The first-order chi connectivity index (χ1) is 10.2. The van der Waals surface area contributed by atoms with Crippen LogP contribution in [0.2, 0.25) is 0 Å². The second kappa shape index (κ2) is 9.75. The van der Waals surface area contributed by atoms with Gasteiger partial charge >= 0.3 is 11.9 Å². The van der Waals surface area contributed by atoms with E-state index in [0.717, 1.165) is 5.56 Å². The molecule has 0 saturated carbocycles. The summed E-state index contributed by atoms with van der Waals surface area (Å²) in [6, 6.07) is 9.83. The molecule has 0 spiro atoms. The topological polar surface area (TPSA) is 52.6 Å². The SMILES string of the molecule is CCOC(=O)CC/C(=C\Cc1ccccc1)C(=O)OCC. The van der Waals surface area contributed by atoms with E-state index in [4.69, 9.17) is 9.47 Å². The Morgan fingerprint density at radius 1 is 1.00 bits per heavy atom. The Bertz CT molecular complexity index is 477. The molecule has 0 aliphatic carbocycles. The zero-order chi connectivity index (χ0) is 15.5. The Balaban J connectivity index is 2.67. The van der Waals surface area contributed by atoms with Gasteiger partial charge in [-0.2, -0.15) is 0 Å². The molecule has 0 heterocycles. The molecule has 0 saturated heterocycles. The fourth-order valence-corrected chi connectivity index (χ4v) is 1.84. The van der Waals surface area contributed by atoms with E-state index in [1.807, 2.05) is 36.4 Å². The fourth-order valence-electron chi connectivity index (χ4n) is 1.84. The fraction of sp³-hybridized carbons (Fsp3) is 0.412. The van der Waals surface area contributed by atoms with E-state index >= 15 is 0 Å². The van der Waals surface area contributed by atoms with E-state index in [2.05, 4.69) is 0 Å². The van der Waals surface area contributed by atoms with Crippen LogP contribution in [-0.4, -0.2) is 25.2 Å². The minimum Gasteiger partial charge on any atom is -0.466 e. The maximum absolute atomic E-state index is 11.9. The summed E-state index contributed by atoms with van der Waals surface area (Å²) in [7, 11) is 0. The summed E-state index contributed by atoms with van der Waals surface area (Å²) in [5.41, 5.74) is 1.63. The molecule has 4 nitrogen and oxygen atoms in total. The number of hydrogen-bond donors (Lipinski definition) is 0. The van der Waals surface area contributed by atoms with E-state index in [1.165, 1.54) is 0 Å². The Kier molecular flexibility index (Phi) is 7.87. The lowest BCUT2D eigenvalue weighted by molar-refractivity contribution is -0.143. The van der Waals surface area contributed by atoms with Crippen LogP contribution in [0.3, 0.4) is 0 Å². The smallest absolute Gasteiger partial charge is 0.333 e. The van der Waals surface area contributed by atoms with Crippen molar-refractivity contribution in [3.8, 4) is 0 Å². The van der Waals surface area contributed by atoms with Gasteiger partial charge in [-0.25, -0.2) is 4.79 Å². The molecule has 0 radical (unpaired) electrons. The first kappa shape index (κ1) is 17.0. The highest BCUT2D eigenvalue weighted by Gasteiger charge is 2.13. The molecule has 0 aliphatic heterocycles. The van der Waals surface area contributed by atoms with Crippen LogP contribution in [0, 0.1) is 0 Å². The summed E-state index contributed by atoms with van der Waals surface area (Å²) in [6.45, 7) is 4.19. The Morgan fingerprint density at radius 2 is 1.67 bits per heavy atom. The van der Waals surface area contributed by atoms with Crippen molar-refractivity contribution in [3.05, 3.63) is 47.5 Å². The van der Waals surface area contributed by atoms with Crippen LogP contribution >= 0.6 is 0 Å². The molecule has 0 aromatic heterocycles. The van der Waals surface area contributed by atoms with Crippen LogP contribution in [0.5, 0.6) is 0 Å². The monoisotopic (exact) mass is 290 g/mol. The molecule has 0 atom stereocenters. The average molecular weight is 290 g/mol.